The number of carbonyl (C=O) groups excluding carboxylic acids is 1. The topological polar surface area (TPSA) is 84.0 Å². The number of nitrogens with zero attached hydrogens (tertiary/aromatic N) is 4. The van der Waals surface area contributed by atoms with Gasteiger partial charge in [-0.3, -0.25) is 9.78 Å². The summed E-state index contributed by atoms with van der Waals surface area (Å²) in [6.45, 7) is 0.515. The number of ether oxygens (including phenoxy) is 1. The highest BCUT2D eigenvalue weighted by molar-refractivity contribution is 7.16. The fourth-order valence-corrected chi connectivity index (χ4v) is 4.73. The number of pyridine rings is 1. The number of thiazole rings is 1. The van der Waals surface area contributed by atoms with Gasteiger partial charge >= 0.3 is 0 Å². The average molecular weight is 432 g/mol. The molecule has 0 bridgehead atoms. The van der Waals surface area contributed by atoms with Crippen LogP contribution in [0.5, 0.6) is 0 Å². The van der Waals surface area contributed by atoms with Gasteiger partial charge in [0.2, 0.25) is 0 Å². The highest BCUT2D eigenvalue weighted by atomic mass is 32.1. The van der Waals surface area contributed by atoms with Gasteiger partial charge in [-0.25, -0.2) is 9.97 Å². The van der Waals surface area contributed by atoms with E-state index in [2.05, 4.69) is 19.9 Å². The lowest BCUT2D eigenvalue weighted by atomic mass is 10.2. The first kappa shape index (κ1) is 19.6. The number of imidazole rings is 1. The summed E-state index contributed by atoms with van der Waals surface area (Å²) in [6, 6.07) is 13.6. The maximum absolute atomic E-state index is 13.4. The van der Waals surface area contributed by atoms with Crippen molar-refractivity contribution < 1.29 is 9.53 Å². The molecule has 0 saturated carbocycles. The fourth-order valence-electron chi connectivity index (χ4n) is 3.86. The second-order valence-electron chi connectivity index (χ2n) is 7.39. The van der Waals surface area contributed by atoms with Gasteiger partial charge in [-0.1, -0.05) is 30.3 Å². The quantitative estimate of drug-likeness (QED) is 0.512. The van der Waals surface area contributed by atoms with E-state index in [0.29, 0.717) is 17.8 Å². The van der Waals surface area contributed by atoms with E-state index >= 15 is 0 Å². The number of benzene rings is 1. The molecular weight excluding hydrogens is 410 g/mol. The van der Waals surface area contributed by atoms with Crippen molar-refractivity contribution in [2.24, 2.45) is 0 Å². The van der Waals surface area contributed by atoms with Crippen molar-refractivity contribution in [3.63, 3.8) is 0 Å². The molecule has 5 rings (SSSR count). The molecule has 1 N–H and O–H groups in total. The molecule has 31 heavy (non-hydrogen) atoms. The van der Waals surface area contributed by atoms with Crippen molar-refractivity contribution in [2.75, 3.05) is 13.7 Å². The zero-order chi connectivity index (χ0) is 21.2. The molecule has 0 unspecified atom stereocenters. The Bertz CT molecular complexity index is 1170. The lowest BCUT2D eigenvalue weighted by Crippen LogP contribution is -2.32. The van der Waals surface area contributed by atoms with Gasteiger partial charge in [-0.15, -0.1) is 11.3 Å². The zero-order valence-corrected chi connectivity index (χ0v) is 17.7. The Morgan fingerprint density at radius 2 is 1.94 bits per heavy atom. The third-order valence-corrected chi connectivity index (χ3v) is 6.51. The van der Waals surface area contributed by atoms with Crippen LogP contribution < -0.4 is 0 Å². The normalized spacial score (nSPS) is 18.4. The number of hydrogen-bond donors (Lipinski definition) is 1. The van der Waals surface area contributed by atoms with Crippen LogP contribution in [0.15, 0.2) is 67.3 Å². The van der Waals surface area contributed by atoms with E-state index < -0.39 is 0 Å². The van der Waals surface area contributed by atoms with E-state index in [9.17, 15) is 4.79 Å². The van der Waals surface area contributed by atoms with Crippen LogP contribution in [-0.2, 0) is 4.74 Å². The van der Waals surface area contributed by atoms with Crippen molar-refractivity contribution >= 4 is 17.2 Å². The van der Waals surface area contributed by atoms with Crippen LogP contribution in [0.4, 0.5) is 0 Å². The van der Waals surface area contributed by atoms with Crippen molar-refractivity contribution in [3.05, 3.63) is 78.0 Å². The SMILES string of the molecule is CO[C@@H]1C[C@@H](c2ncc(-c3cccnc3)[nH]2)N(C(=O)c2cnc(-c3ccccc3)s2)C1. The molecule has 0 aliphatic carbocycles. The Morgan fingerprint density at radius 1 is 1.10 bits per heavy atom. The molecule has 2 atom stereocenters. The Morgan fingerprint density at radius 3 is 2.71 bits per heavy atom. The first-order chi connectivity index (χ1) is 15.2. The Kier molecular flexibility index (Phi) is 5.31. The summed E-state index contributed by atoms with van der Waals surface area (Å²) < 4.78 is 5.59. The molecule has 1 aliphatic rings. The van der Waals surface area contributed by atoms with Gasteiger partial charge in [0.25, 0.3) is 5.91 Å². The molecular formula is C23H21N5O2S. The summed E-state index contributed by atoms with van der Waals surface area (Å²) in [7, 11) is 1.68. The van der Waals surface area contributed by atoms with Crippen molar-refractivity contribution in [1.82, 2.24) is 24.8 Å². The minimum atomic E-state index is -0.190. The molecule has 0 spiro atoms. The van der Waals surface area contributed by atoms with Gasteiger partial charge in [0, 0.05) is 43.6 Å². The molecule has 8 heteroatoms. The monoisotopic (exact) mass is 431 g/mol. The molecule has 4 heterocycles. The number of carbonyl (C=O) groups is 1. The Labute approximate surface area is 183 Å². The van der Waals surface area contributed by atoms with E-state index in [0.717, 1.165) is 27.7 Å². The van der Waals surface area contributed by atoms with E-state index in [1.807, 2.05) is 47.4 Å². The lowest BCUT2D eigenvalue weighted by molar-refractivity contribution is 0.0689. The highest BCUT2D eigenvalue weighted by Crippen LogP contribution is 2.35. The van der Waals surface area contributed by atoms with E-state index in [1.165, 1.54) is 11.3 Å². The fraction of sp³-hybridized carbons (Fsp3) is 0.217. The number of nitrogens with one attached hydrogen (secondary N) is 1. The average Bonchev–Trinajstić information content (AvgIpc) is 3.59. The Balaban J connectivity index is 1.42. The molecule has 4 aromatic rings. The number of rotatable bonds is 5. The molecule has 0 radical (unpaired) electrons. The number of H-pyrrole nitrogens is 1. The summed E-state index contributed by atoms with van der Waals surface area (Å²) in [5.41, 5.74) is 2.84. The predicted octanol–water partition coefficient (Wildman–Crippen LogP) is 4.20. The molecule has 156 valence electrons. The predicted molar refractivity (Wildman–Crippen MR) is 119 cm³/mol. The van der Waals surface area contributed by atoms with Crippen LogP contribution in [0.3, 0.4) is 0 Å². The van der Waals surface area contributed by atoms with Crippen LogP contribution in [0.1, 0.15) is 28.0 Å². The number of hydrogen-bond acceptors (Lipinski definition) is 6. The van der Waals surface area contributed by atoms with Gasteiger partial charge in [0.05, 0.1) is 30.2 Å². The summed E-state index contributed by atoms with van der Waals surface area (Å²) in [5, 5.41) is 0.833. The smallest absolute Gasteiger partial charge is 0.266 e. The van der Waals surface area contributed by atoms with Gasteiger partial charge in [0.15, 0.2) is 0 Å². The highest BCUT2D eigenvalue weighted by Gasteiger charge is 2.39. The largest absolute Gasteiger partial charge is 0.380 e. The summed E-state index contributed by atoms with van der Waals surface area (Å²) in [5.74, 6) is 0.697. The summed E-state index contributed by atoms with van der Waals surface area (Å²) >= 11 is 1.41. The van der Waals surface area contributed by atoms with Crippen molar-refractivity contribution in [3.8, 4) is 21.8 Å². The first-order valence-electron chi connectivity index (χ1n) is 10.0. The zero-order valence-electron chi connectivity index (χ0n) is 16.9. The molecule has 1 aromatic carbocycles. The van der Waals surface area contributed by atoms with Crippen LogP contribution in [0.25, 0.3) is 21.8 Å². The standard InChI is InChI=1S/C23H21N5O2S/c1-30-17-10-19(21-25-12-18(27-21)16-8-5-9-24-11-16)28(14-17)23(29)20-13-26-22(31-20)15-6-3-2-4-7-15/h2-9,11-13,17,19H,10,14H2,1H3,(H,25,27)/t17-,19+/m1/s1. The van der Waals surface area contributed by atoms with Gasteiger partial charge in [-0.2, -0.15) is 0 Å². The molecule has 1 saturated heterocycles. The van der Waals surface area contributed by atoms with E-state index in [-0.39, 0.29) is 18.1 Å². The van der Waals surface area contributed by atoms with Gasteiger partial charge in [-0.05, 0) is 12.1 Å². The third-order valence-electron chi connectivity index (χ3n) is 5.48. The summed E-state index contributed by atoms with van der Waals surface area (Å²) in [6.07, 6.45) is 7.62. The second kappa shape index (κ2) is 8.41. The van der Waals surface area contributed by atoms with Gasteiger partial charge < -0.3 is 14.6 Å². The van der Waals surface area contributed by atoms with Crippen molar-refractivity contribution in [1.29, 1.82) is 0 Å². The van der Waals surface area contributed by atoms with E-state index in [4.69, 9.17) is 4.74 Å². The molecule has 1 aliphatic heterocycles. The molecule has 7 nitrogen and oxygen atoms in total. The number of aromatic amines is 1. The van der Waals surface area contributed by atoms with Crippen LogP contribution in [-0.4, -0.2) is 50.5 Å². The summed E-state index contributed by atoms with van der Waals surface area (Å²) in [4.78, 5) is 32.4. The lowest BCUT2D eigenvalue weighted by Gasteiger charge is -2.22. The third kappa shape index (κ3) is 3.87. The maximum Gasteiger partial charge on any atom is 0.266 e. The molecule has 1 amide bonds. The first-order valence-corrected chi connectivity index (χ1v) is 10.8. The van der Waals surface area contributed by atoms with Crippen LogP contribution in [0, 0.1) is 0 Å². The van der Waals surface area contributed by atoms with E-state index in [1.54, 1.807) is 31.9 Å². The molecule has 1 fully saturated rings. The number of likely N-dealkylation sites (tertiary alicyclic amines) is 1. The van der Waals surface area contributed by atoms with Crippen molar-refractivity contribution in [2.45, 2.75) is 18.6 Å². The minimum absolute atomic E-state index is 0.0394. The van der Waals surface area contributed by atoms with Crippen LogP contribution in [0.2, 0.25) is 0 Å². The van der Waals surface area contributed by atoms with Gasteiger partial charge in [0.1, 0.15) is 15.7 Å². The Hall–Kier alpha value is -3.36. The number of methoxy groups -OCH3 is 1. The second-order valence-corrected chi connectivity index (χ2v) is 8.42. The number of amides is 1. The molecule has 3 aromatic heterocycles. The van der Waals surface area contributed by atoms with Crippen LogP contribution >= 0.6 is 11.3 Å². The number of aromatic nitrogens is 4. The maximum atomic E-state index is 13.4. The minimum Gasteiger partial charge on any atom is -0.380 e.